The Balaban J connectivity index is 6.93. The predicted octanol–water partition coefficient (Wildman–Crippen LogP) is 7.36. The van der Waals surface area contributed by atoms with Crippen LogP contribution in [0, 0.1) is 0 Å². The third-order valence-corrected chi connectivity index (χ3v) is 7.56. The quantitative estimate of drug-likeness (QED) is 0.171. The minimum Gasteiger partial charge on any atom is -0.373 e. The van der Waals surface area contributed by atoms with Gasteiger partial charge in [0.2, 0.25) is 0 Å². The van der Waals surface area contributed by atoms with Gasteiger partial charge in [0.1, 0.15) is 0 Å². The molecule has 0 aliphatic heterocycles. The lowest BCUT2D eigenvalue weighted by Crippen LogP contribution is -2.78. The lowest BCUT2D eigenvalue weighted by atomic mass is 9.90. The van der Waals surface area contributed by atoms with E-state index in [2.05, 4.69) is 13.3 Å². The van der Waals surface area contributed by atoms with E-state index >= 15 is 0 Å². The van der Waals surface area contributed by atoms with Gasteiger partial charge < -0.3 is 13.3 Å². The Hall–Kier alpha value is -1.09. The van der Waals surface area contributed by atoms with Crippen LogP contribution in [0.4, 0.5) is 74.6 Å². The van der Waals surface area contributed by atoms with Crippen molar-refractivity contribution in [3.8, 4) is 0 Å². The smallest absolute Gasteiger partial charge is 0.373 e. The van der Waals surface area contributed by atoms with Gasteiger partial charge in [-0.25, -0.2) is 0 Å². The Labute approximate surface area is 198 Å². The van der Waals surface area contributed by atoms with Crippen LogP contribution in [0.5, 0.6) is 0 Å². The SMILES string of the molecule is CO[Si](OC)(OC(C)(C)C)C(F)(F)C(F)(F)C(F)(F)C(F)(F)C(F)(F)C(F)(F)C(F)(F)CCC(F)(F)F. The molecule has 224 valence electrons. The Bertz CT molecular complexity index is 784. The minimum absolute atomic E-state index is 0.0612. The maximum Gasteiger partial charge on any atom is 0.582 e. The van der Waals surface area contributed by atoms with Crippen LogP contribution >= 0.6 is 0 Å². The second-order valence-corrected chi connectivity index (χ2v) is 11.2. The average Bonchev–Trinajstić information content (AvgIpc) is 2.68. The van der Waals surface area contributed by atoms with Crippen LogP contribution in [0.15, 0.2) is 0 Å². The van der Waals surface area contributed by atoms with Gasteiger partial charge >= 0.3 is 56.1 Å². The van der Waals surface area contributed by atoms with Crippen molar-refractivity contribution >= 4 is 8.80 Å². The molecule has 0 atom stereocenters. The molecule has 0 amide bonds. The Morgan fingerprint density at radius 1 is 0.486 bits per heavy atom. The third kappa shape index (κ3) is 5.77. The van der Waals surface area contributed by atoms with Crippen molar-refractivity contribution in [3.05, 3.63) is 0 Å². The van der Waals surface area contributed by atoms with Crippen LogP contribution < -0.4 is 0 Å². The largest absolute Gasteiger partial charge is 0.582 e. The zero-order valence-electron chi connectivity index (χ0n) is 19.1. The monoisotopic (exact) mass is 610 g/mol. The van der Waals surface area contributed by atoms with Crippen LogP contribution in [0.1, 0.15) is 33.6 Å². The molecule has 0 aromatic rings. The Kier molecular flexibility index (Phi) is 9.54. The molecule has 0 saturated heterocycles. The molecular formula is C16H19F17O3Si. The molecule has 0 unspecified atom stereocenters. The van der Waals surface area contributed by atoms with Crippen LogP contribution in [0.25, 0.3) is 0 Å². The van der Waals surface area contributed by atoms with Crippen molar-refractivity contribution in [2.75, 3.05) is 14.2 Å². The van der Waals surface area contributed by atoms with E-state index in [9.17, 15) is 74.6 Å². The molecular weight excluding hydrogens is 591 g/mol. The first-order valence-electron chi connectivity index (χ1n) is 9.30. The highest BCUT2D eigenvalue weighted by Gasteiger charge is 2.95. The van der Waals surface area contributed by atoms with E-state index < -0.39 is 74.5 Å². The highest BCUT2D eigenvalue weighted by Crippen LogP contribution is 2.63. The van der Waals surface area contributed by atoms with Crippen LogP contribution in [0.2, 0.25) is 0 Å². The van der Waals surface area contributed by atoms with Gasteiger partial charge in [0, 0.05) is 27.1 Å². The number of hydrogen-bond acceptors (Lipinski definition) is 3. The van der Waals surface area contributed by atoms with Gasteiger partial charge in [0.05, 0.1) is 5.60 Å². The van der Waals surface area contributed by atoms with E-state index in [-0.39, 0.29) is 14.2 Å². The van der Waals surface area contributed by atoms with Gasteiger partial charge in [-0.1, -0.05) is 0 Å². The molecule has 0 aliphatic rings. The molecule has 0 aromatic heterocycles. The standard InChI is InChI=1S/C16H19F17O3Si/c1-8(2,3)36-37(34-4,35-5)16(32,33)15(30,31)14(28,29)13(26,27)12(24,25)11(22,23)9(17,18)6-7-10(19,20)21/h6-7H2,1-5H3. The van der Waals surface area contributed by atoms with E-state index in [1.807, 2.05) is 0 Å². The number of rotatable bonds is 12. The number of halogens is 17. The number of hydrogen-bond donors (Lipinski definition) is 0. The minimum atomic E-state index is -8.46. The van der Waals surface area contributed by atoms with Gasteiger partial charge in [0.15, 0.2) is 0 Å². The molecule has 3 nitrogen and oxygen atoms in total. The summed E-state index contributed by atoms with van der Waals surface area (Å²) in [6.45, 7) is 2.39. The van der Waals surface area contributed by atoms with Gasteiger partial charge in [0.25, 0.3) is 0 Å². The molecule has 0 heterocycles. The summed E-state index contributed by atoms with van der Waals surface area (Å²) in [6, 6.07) is 0. The maximum absolute atomic E-state index is 14.7. The highest BCUT2D eigenvalue weighted by molar-refractivity contribution is 6.63. The van der Waals surface area contributed by atoms with Crippen molar-refractivity contribution in [2.24, 2.45) is 0 Å². The summed E-state index contributed by atoms with van der Waals surface area (Å²) in [7, 11) is -6.59. The molecule has 0 saturated carbocycles. The highest BCUT2D eigenvalue weighted by atomic mass is 28.4. The van der Waals surface area contributed by atoms with E-state index in [0.29, 0.717) is 0 Å². The molecule has 0 radical (unpaired) electrons. The van der Waals surface area contributed by atoms with E-state index in [1.165, 1.54) is 0 Å². The molecule has 0 rings (SSSR count). The summed E-state index contributed by atoms with van der Waals surface area (Å²) in [6.07, 6.45) is -12.2. The zero-order valence-corrected chi connectivity index (χ0v) is 20.1. The summed E-state index contributed by atoms with van der Waals surface area (Å²) in [5, 5.41) is 0. The van der Waals surface area contributed by atoms with Gasteiger partial charge in [-0.2, -0.15) is 74.6 Å². The van der Waals surface area contributed by atoms with Crippen molar-refractivity contribution in [2.45, 2.75) is 86.5 Å². The van der Waals surface area contributed by atoms with Crippen molar-refractivity contribution < 1.29 is 87.9 Å². The summed E-state index contributed by atoms with van der Waals surface area (Å²) in [4.78, 5) is 0. The van der Waals surface area contributed by atoms with Gasteiger partial charge in [-0.05, 0) is 20.8 Å². The molecule has 0 aromatic carbocycles. The van der Waals surface area contributed by atoms with E-state index in [1.54, 1.807) is 0 Å². The maximum atomic E-state index is 14.7. The normalized spacial score (nSPS) is 16.4. The fourth-order valence-corrected chi connectivity index (χ4v) is 4.88. The zero-order chi connectivity index (χ0) is 30.5. The van der Waals surface area contributed by atoms with Crippen molar-refractivity contribution in [1.29, 1.82) is 0 Å². The molecule has 0 aliphatic carbocycles. The first kappa shape index (κ1) is 35.9. The second-order valence-electron chi connectivity index (χ2n) is 8.44. The van der Waals surface area contributed by atoms with Crippen LogP contribution in [-0.2, 0) is 13.3 Å². The summed E-state index contributed by atoms with van der Waals surface area (Å²) >= 11 is 0. The first-order chi connectivity index (χ1) is 15.8. The predicted molar refractivity (Wildman–Crippen MR) is 90.5 cm³/mol. The van der Waals surface area contributed by atoms with Gasteiger partial charge in [-0.3, -0.25) is 0 Å². The summed E-state index contributed by atoms with van der Waals surface area (Å²) in [5.41, 5.74) is -8.92. The Morgan fingerprint density at radius 2 is 0.811 bits per heavy atom. The third-order valence-electron chi connectivity index (χ3n) is 4.52. The molecule has 0 bridgehead atoms. The molecule has 37 heavy (non-hydrogen) atoms. The lowest BCUT2D eigenvalue weighted by molar-refractivity contribution is -0.439. The fraction of sp³-hybridized carbons (Fsp3) is 1.00. The van der Waals surface area contributed by atoms with Crippen molar-refractivity contribution in [3.63, 3.8) is 0 Å². The van der Waals surface area contributed by atoms with E-state index in [0.717, 1.165) is 20.8 Å². The van der Waals surface area contributed by atoms with Crippen LogP contribution in [0.3, 0.4) is 0 Å². The van der Waals surface area contributed by atoms with E-state index in [4.69, 9.17) is 0 Å². The molecule has 0 N–H and O–H groups in total. The summed E-state index contributed by atoms with van der Waals surface area (Å²) < 4.78 is 245. The second kappa shape index (κ2) is 9.83. The van der Waals surface area contributed by atoms with Crippen LogP contribution in [-0.4, -0.2) is 75.9 Å². The Morgan fingerprint density at radius 3 is 1.11 bits per heavy atom. The van der Waals surface area contributed by atoms with Crippen molar-refractivity contribution in [1.82, 2.24) is 0 Å². The topological polar surface area (TPSA) is 27.7 Å². The average molecular weight is 610 g/mol. The fourth-order valence-electron chi connectivity index (χ4n) is 2.56. The number of alkyl halides is 17. The molecule has 0 fully saturated rings. The lowest BCUT2D eigenvalue weighted by Gasteiger charge is -2.45. The first-order valence-corrected chi connectivity index (χ1v) is 11.0. The summed E-state index contributed by atoms with van der Waals surface area (Å²) in [5.74, 6) is -47.7. The molecule has 0 spiro atoms. The van der Waals surface area contributed by atoms with Gasteiger partial charge in [-0.15, -0.1) is 0 Å². The molecule has 21 heteroatoms.